The van der Waals surface area contributed by atoms with Crippen molar-refractivity contribution in [2.45, 2.75) is 38.1 Å². The van der Waals surface area contributed by atoms with Gasteiger partial charge in [0.25, 0.3) is 0 Å². The van der Waals surface area contributed by atoms with Gasteiger partial charge >= 0.3 is 5.69 Å². The van der Waals surface area contributed by atoms with E-state index in [0.29, 0.717) is 6.42 Å². The SMILES string of the molecule is Cn1ccnc1C1CCCN1C(=O)CCCc1ccc2[nH]c(=O)[nH]c2c1. The number of fused-ring (bicyclic) bond motifs is 1. The Morgan fingerprint density at radius 1 is 1.31 bits per heavy atom. The third-order valence-electron chi connectivity index (χ3n) is 5.17. The first kappa shape index (κ1) is 16.6. The van der Waals surface area contributed by atoms with E-state index < -0.39 is 0 Å². The van der Waals surface area contributed by atoms with Gasteiger partial charge < -0.3 is 19.4 Å². The number of likely N-dealkylation sites (tertiary alicyclic amines) is 1. The first-order valence-corrected chi connectivity index (χ1v) is 9.09. The first-order valence-electron chi connectivity index (χ1n) is 9.09. The summed E-state index contributed by atoms with van der Waals surface area (Å²) in [5.74, 6) is 1.17. The van der Waals surface area contributed by atoms with E-state index in [-0.39, 0.29) is 17.6 Å². The molecule has 3 aromatic rings. The molecule has 3 heterocycles. The van der Waals surface area contributed by atoms with Crippen LogP contribution in [0.2, 0.25) is 0 Å². The molecule has 1 aromatic carbocycles. The number of carbonyl (C=O) groups excluding carboxylic acids is 1. The molecule has 1 amide bonds. The topological polar surface area (TPSA) is 86.8 Å². The van der Waals surface area contributed by atoms with E-state index in [4.69, 9.17) is 0 Å². The zero-order chi connectivity index (χ0) is 18.1. The standard InChI is InChI=1S/C19H23N5O2/c1-23-11-9-20-18(23)16-5-3-10-24(16)17(25)6-2-4-13-7-8-14-15(12-13)22-19(26)21-14/h7-9,11-12,16H,2-6,10H2,1H3,(H2,21,22,26). The largest absolute Gasteiger partial charge is 0.336 e. The van der Waals surface area contributed by atoms with E-state index in [9.17, 15) is 9.59 Å². The molecular weight excluding hydrogens is 330 g/mol. The van der Waals surface area contributed by atoms with Gasteiger partial charge in [-0.1, -0.05) is 6.07 Å². The van der Waals surface area contributed by atoms with Gasteiger partial charge in [0.05, 0.1) is 17.1 Å². The predicted molar refractivity (Wildman–Crippen MR) is 98.8 cm³/mol. The Bertz CT molecular complexity index is 983. The molecule has 0 bridgehead atoms. The van der Waals surface area contributed by atoms with Crippen molar-refractivity contribution in [3.8, 4) is 0 Å². The van der Waals surface area contributed by atoms with Gasteiger partial charge in [0.1, 0.15) is 5.82 Å². The van der Waals surface area contributed by atoms with Crippen molar-refractivity contribution in [3.05, 3.63) is 52.5 Å². The normalized spacial score (nSPS) is 17.3. The molecular formula is C19H23N5O2. The number of rotatable bonds is 5. The Labute approximate surface area is 151 Å². The van der Waals surface area contributed by atoms with Crippen molar-refractivity contribution in [1.29, 1.82) is 0 Å². The molecule has 136 valence electrons. The van der Waals surface area contributed by atoms with Gasteiger partial charge in [-0.3, -0.25) is 4.79 Å². The highest BCUT2D eigenvalue weighted by Gasteiger charge is 2.31. The summed E-state index contributed by atoms with van der Waals surface area (Å²) in [6.07, 6.45) is 7.87. The number of imidazole rings is 2. The van der Waals surface area contributed by atoms with E-state index in [0.717, 1.165) is 54.6 Å². The van der Waals surface area contributed by atoms with E-state index in [2.05, 4.69) is 15.0 Å². The van der Waals surface area contributed by atoms with Crippen LogP contribution < -0.4 is 5.69 Å². The van der Waals surface area contributed by atoms with E-state index in [1.165, 1.54) is 0 Å². The minimum atomic E-state index is -0.193. The first-order chi connectivity index (χ1) is 12.6. The van der Waals surface area contributed by atoms with Crippen LogP contribution in [-0.2, 0) is 18.3 Å². The Hall–Kier alpha value is -2.83. The monoisotopic (exact) mass is 353 g/mol. The predicted octanol–water partition coefficient (Wildman–Crippen LogP) is 2.28. The maximum absolute atomic E-state index is 12.7. The van der Waals surface area contributed by atoms with Gasteiger partial charge in [-0.15, -0.1) is 0 Å². The van der Waals surface area contributed by atoms with Crippen molar-refractivity contribution < 1.29 is 4.79 Å². The minimum absolute atomic E-state index is 0.101. The molecule has 7 heteroatoms. The molecule has 0 spiro atoms. The summed E-state index contributed by atoms with van der Waals surface area (Å²) in [5.41, 5.74) is 2.56. The summed E-state index contributed by atoms with van der Waals surface area (Å²) < 4.78 is 2.00. The number of aromatic nitrogens is 4. The highest BCUT2D eigenvalue weighted by molar-refractivity contribution is 5.77. The summed E-state index contributed by atoms with van der Waals surface area (Å²) in [6.45, 7) is 0.812. The van der Waals surface area contributed by atoms with Crippen molar-refractivity contribution in [2.24, 2.45) is 7.05 Å². The number of nitrogens with one attached hydrogen (secondary N) is 2. The molecule has 7 nitrogen and oxygen atoms in total. The van der Waals surface area contributed by atoms with Crippen molar-refractivity contribution >= 4 is 16.9 Å². The average Bonchev–Trinajstić information content (AvgIpc) is 3.32. The van der Waals surface area contributed by atoms with Crippen molar-refractivity contribution in [2.75, 3.05) is 6.54 Å². The van der Waals surface area contributed by atoms with Crippen LogP contribution in [0.4, 0.5) is 0 Å². The number of amides is 1. The molecule has 4 rings (SSSR count). The molecule has 1 unspecified atom stereocenters. The molecule has 1 saturated heterocycles. The summed E-state index contributed by atoms with van der Waals surface area (Å²) in [4.78, 5) is 36.0. The van der Waals surface area contributed by atoms with Crippen LogP contribution in [0, 0.1) is 0 Å². The number of aromatic amines is 2. The molecule has 2 aromatic heterocycles. The highest BCUT2D eigenvalue weighted by Crippen LogP contribution is 2.31. The maximum atomic E-state index is 12.7. The van der Waals surface area contributed by atoms with E-state index in [1.807, 2.05) is 40.9 Å². The highest BCUT2D eigenvalue weighted by atomic mass is 16.2. The lowest BCUT2D eigenvalue weighted by atomic mass is 10.1. The number of carbonyl (C=O) groups is 1. The van der Waals surface area contributed by atoms with Gasteiger partial charge in [0.2, 0.25) is 5.91 Å². The third-order valence-corrected chi connectivity index (χ3v) is 5.17. The smallest absolute Gasteiger partial charge is 0.323 e. The molecule has 0 aliphatic carbocycles. The second-order valence-corrected chi connectivity index (χ2v) is 6.95. The Morgan fingerprint density at radius 3 is 2.96 bits per heavy atom. The molecule has 1 atom stereocenters. The van der Waals surface area contributed by atoms with Gasteiger partial charge in [0.15, 0.2) is 0 Å². The third kappa shape index (κ3) is 3.16. The van der Waals surface area contributed by atoms with Crippen LogP contribution >= 0.6 is 0 Å². The molecule has 1 fully saturated rings. The number of hydrogen-bond donors (Lipinski definition) is 2. The van der Waals surface area contributed by atoms with E-state index >= 15 is 0 Å². The fraction of sp³-hybridized carbons (Fsp3) is 0.421. The summed E-state index contributed by atoms with van der Waals surface area (Å²) >= 11 is 0. The number of benzene rings is 1. The zero-order valence-corrected chi connectivity index (χ0v) is 14.9. The van der Waals surface area contributed by atoms with Gasteiger partial charge in [0, 0.05) is 32.4 Å². The van der Waals surface area contributed by atoms with Gasteiger partial charge in [-0.2, -0.15) is 0 Å². The number of nitrogens with zero attached hydrogens (tertiary/aromatic N) is 3. The van der Waals surface area contributed by atoms with Crippen LogP contribution in [0.5, 0.6) is 0 Å². The lowest BCUT2D eigenvalue weighted by molar-refractivity contribution is -0.132. The fourth-order valence-electron chi connectivity index (χ4n) is 3.85. The lowest BCUT2D eigenvalue weighted by Gasteiger charge is -2.24. The van der Waals surface area contributed by atoms with Crippen LogP contribution in [0.25, 0.3) is 11.0 Å². The number of H-pyrrole nitrogens is 2. The Morgan fingerprint density at radius 2 is 2.15 bits per heavy atom. The quantitative estimate of drug-likeness (QED) is 0.738. The summed E-state index contributed by atoms with van der Waals surface area (Å²) in [6, 6.07) is 5.99. The summed E-state index contributed by atoms with van der Waals surface area (Å²) in [7, 11) is 1.98. The maximum Gasteiger partial charge on any atom is 0.323 e. The van der Waals surface area contributed by atoms with Crippen molar-refractivity contribution in [1.82, 2.24) is 24.4 Å². The lowest BCUT2D eigenvalue weighted by Crippen LogP contribution is -2.31. The van der Waals surface area contributed by atoms with Crippen LogP contribution in [0.1, 0.15) is 43.1 Å². The molecule has 26 heavy (non-hydrogen) atoms. The Kier molecular flexibility index (Phi) is 4.36. The molecule has 2 N–H and O–H groups in total. The van der Waals surface area contributed by atoms with Crippen LogP contribution in [0.15, 0.2) is 35.4 Å². The van der Waals surface area contributed by atoms with Crippen LogP contribution in [-0.4, -0.2) is 36.9 Å². The number of aryl methyl sites for hydroxylation is 2. The second kappa shape index (κ2) is 6.82. The van der Waals surface area contributed by atoms with E-state index in [1.54, 1.807) is 6.20 Å². The molecule has 1 aliphatic rings. The average molecular weight is 353 g/mol. The van der Waals surface area contributed by atoms with Gasteiger partial charge in [-0.25, -0.2) is 9.78 Å². The Balaban J connectivity index is 1.37. The summed E-state index contributed by atoms with van der Waals surface area (Å²) in [5, 5.41) is 0. The minimum Gasteiger partial charge on any atom is -0.336 e. The molecule has 0 radical (unpaired) electrons. The van der Waals surface area contributed by atoms with Gasteiger partial charge in [-0.05, 0) is 43.4 Å². The molecule has 0 saturated carbocycles. The molecule has 1 aliphatic heterocycles. The zero-order valence-electron chi connectivity index (χ0n) is 14.9. The fourth-order valence-corrected chi connectivity index (χ4v) is 3.85. The van der Waals surface area contributed by atoms with Crippen LogP contribution in [0.3, 0.4) is 0 Å². The van der Waals surface area contributed by atoms with Crippen molar-refractivity contribution in [3.63, 3.8) is 0 Å². The second-order valence-electron chi connectivity index (χ2n) is 6.95. The number of hydrogen-bond acceptors (Lipinski definition) is 3.